The summed E-state index contributed by atoms with van der Waals surface area (Å²) < 4.78 is 17.2. The third-order valence-corrected chi connectivity index (χ3v) is 6.59. The van der Waals surface area contributed by atoms with Crippen LogP contribution in [0.3, 0.4) is 0 Å². The van der Waals surface area contributed by atoms with Crippen LogP contribution in [0.2, 0.25) is 0 Å². The quantitative estimate of drug-likeness (QED) is 0.446. The molecule has 0 radical (unpaired) electrons. The first-order valence-electron chi connectivity index (χ1n) is 11.4. The topological polar surface area (TPSA) is 67.2 Å². The number of carboxylic acids is 1. The van der Waals surface area contributed by atoms with Gasteiger partial charge in [0.1, 0.15) is 5.52 Å². The Bertz CT molecular complexity index is 1150. The highest BCUT2D eigenvalue weighted by atomic mass is 19.1. The number of halogens is 1. The summed E-state index contributed by atoms with van der Waals surface area (Å²) in [6, 6.07) is 11.3. The molecule has 0 aliphatic heterocycles. The van der Waals surface area contributed by atoms with Crippen LogP contribution in [0.5, 0.6) is 0 Å². The van der Waals surface area contributed by atoms with Gasteiger partial charge in [-0.1, -0.05) is 46.8 Å². The Labute approximate surface area is 188 Å². The van der Waals surface area contributed by atoms with Crippen molar-refractivity contribution >= 4 is 28.6 Å². The second-order valence-electron chi connectivity index (χ2n) is 10.4. The molecule has 2 N–H and O–H groups in total. The number of rotatable bonds is 5. The number of carboxylic acid groups (broad SMARTS) is 1. The van der Waals surface area contributed by atoms with E-state index < -0.39 is 11.8 Å². The van der Waals surface area contributed by atoms with Gasteiger partial charge in [0, 0.05) is 11.7 Å². The monoisotopic (exact) mass is 437 g/mol. The number of carbonyl (C=O) groups is 1. The number of imidazole rings is 1. The highest BCUT2D eigenvalue weighted by molar-refractivity contribution is 5.94. The molecule has 1 heterocycles. The van der Waals surface area contributed by atoms with Crippen molar-refractivity contribution in [1.29, 1.82) is 0 Å². The molecule has 0 spiro atoms. The Morgan fingerprint density at radius 2 is 1.88 bits per heavy atom. The van der Waals surface area contributed by atoms with Crippen LogP contribution < -0.4 is 5.32 Å². The molecule has 2 aromatic carbocycles. The largest absolute Gasteiger partial charge is 0.478 e. The molecule has 5 nitrogen and oxygen atoms in total. The Morgan fingerprint density at radius 1 is 1.19 bits per heavy atom. The molecule has 0 unspecified atom stereocenters. The van der Waals surface area contributed by atoms with Crippen LogP contribution in [0.25, 0.3) is 11.0 Å². The minimum atomic E-state index is -1.29. The highest BCUT2D eigenvalue weighted by Gasteiger charge is 2.35. The van der Waals surface area contributed by atoms with E-state index in [0.717, 1.165) is 24.9 Å². The summed E-state index contributed by atoms with van der Waals surface area (Å²) in [6.07, 6.45) is 3.07. The lowest BCUT2D eigenvalue weighted by molar-refractivity contribution is 0.0692. The fourth-order valence-corrected chi connectivity index (χ4v) is 5.32. The molecule has 0 amide bonds. The maximum Gasteiger partial charge on any atom is 0.338 e. The van der Waals surface area contributed by atoms with Gasteiger partial charge in [0.15, 0.2) is 5.82 Å². The van der Waals surface area contributed by atoms with Gasteiger partial charge in [0.05, 0.1) is 11.1 Å². The minimum absolute atomic E-state index is 0.0993. The minimum Gasteiger partial charge on any atom is -0.478 e. The molecule has 1 aromatic heterocycles. The van der Waals surface area contributed by atoms with Crippen molar-refractivity contribution in [2.45, 2.75) is 65.8 Å². The van der Waals surface area contributed by atoms with Crippen LogP contribution in [0.15, 0.2) is 36.4 Å². The first-order chi connectivity index (χ1) is 15.1. The molecule has 1 aliphatic rings. The number of anilines is 2. The van der Waals surface area contributed by atoms with E-state index in [-0.39, 0.29) is 22.5 Å². The number of benzene rings is 2. The molecule has 170 valence electrons. The molecule has 6 heteroatoms. The molecule has 2 atom stereocenters. The maximum absolute atomic E-state index is 15.1. The van der Waals surface area contributed by atoms with E-state index in [0.29, 0.717) is 23.3 Å². The van der Waals surface area contributed by atoms with Gasteiger partial charge in [-0.2, -0.15) is 0 Å². The lowest BCUT2D eigenvalue weighted by Crippen LogP contribution is -2.29. The number of nitrogens with zero attached hydrogens (tertiary/aromatic N) is 2. The summed E-state index contributed by atoms with van der Waals surface area (Å²) in [5, 5.41) is 12.8. The van der Waals surface area contributed by atoms with Crippen LogP contribution in [0.4, 0.5) is 16.0 Å². The van der Waals surface area contributed by atoms with E-state index >= 15 is 4.39 Å². The van der Waals surface area contributed by atoms with Crippen molar-refractivity contribution in [3.63, 3.8) is 0 Å². The second kappa shape index (κ2) is 8.23. The molecule has 1 fully saturated rings. The average molecular weight is 438 g/mol. The summed E-state index contributed by atoms with van der Waals surface area (Å²) >= 11 is 0. The predicted octanol–water partition coefficient (Wildman–Crippen LogP) is 7.13. The molecule has 3 aromatic rings. The van der Waals surface area contributed by atoms with E-state index in [2.05, 4.69) is 61.6 Å². The van der Waals surface area contributed by atoms with E-state index in [1.54, 1.807) is 6.07 Å². The smallest absolute Gasteiger partial charge is 0.338 e. The Kier molecular flexibility index (Phi) is 5.74. The molecular weight excluding hydrogens is 405 g/mol. The van der Waals surface area contributed by atoms with Gasteiger partial charge in [-0.3, -0.25) is 0 Å². The van der Waals surface area contributed by atoms with Gasteiger partial charge in [0.25, 0.3) is 0 Å². The van der Waals surface area contributed by atoms with Gasteiger partial charge in [0.2, 0.25) is 5.95 Å². The van der Waals surface area contributed by atoms with Crippen LogP contribution in [0.1, 0.15) is 81.8 Å². The molecule has 1 aliphatic carbocycles. The maximum atomic E-state index is 15.1. The van der Waals surface area contributed by atoms with Crippen molar-refractivity contribution < 1.29 is 14.3 Å². The van der Waals surface area contributed by atoms with Crippen molar-refractivity contribution in [2.24, 2.45) is 11.3 Å². The average Bonchev–Trinajstić information content (AvgIpc) is 3.05. The zero-order valence-corrected chi connectivity index (χ0v) is 19.4. The van der Waals surface area contributed by atoms with E-state index in [1.807, 2.05) is 12.1 Å². The molecule has 0 saturated heterocycles. The standard InChI is InChI=1S/C26H32FN3O2/c1-15(2)17-6-8-18(9-7-17)28-25-29-23-21(11-10-20(22(23)27)24(31)32)30(25)19-12-16(3)13-26(4,5)14-19/h6-11,15-16,19H,12-14H2,1-5H3,(H,28,29)(H,31,32)/t16-,19+/m0/s1. The summed E-state index contributed by atoms with van der Waals surface area (Å²) in [5.41, 5.74) is 2.64. The van der Waals surface area contributed by atoms with Gasteiger partial charge in [-0.15, -0.1) is 0 Å². The normalized spacial score (nSPS) is 20.6. The summed E-state index contributed by atoms with van der Waals surface area (Å²) in [6.45, 7) is 11.1. The first kappa shape index (κ1) is 22.3. The third kappa shape index (κ3) is 4.23. The van der Waals surface area contributed by atoms with E-state index in [4.69, 9.17) is 0 Å². The number of nitrogens with one attached hydrogen (secondary N) is 1. The van der Waals surface area contributed by atoms with Crippen molar-refractivity contribution in [3.8, 4) is 0 Å². The Morgan fingerprint density at radius 3 is 2.47 bits per heavy atom. The zero-order valence-electron chi connectivity index (χ0n) is 19.4. The van der Waals surface area contributed by atoms with Gasteiger partial charge in [-0.25, -0.2) is 14.2 Å². The van der Waals surface area contributed by atoms with Crippen LogP contribution in [-0.4, -0.2) is 20.6 Å². The van der Waals surface area contributed by atoms with Crippen molar-refractivity contribution in [2.75, 3.05) is 5.32 Å². The van der Waals surface area contributed by atoms with Crippen LogP contribution in [-0.2, 0) is 0 Å². The summed E-state index contributed by atoms with van der Waals surface area (Å²) in [4.78, 5) is 16.0. The number of fused-ring (bicyclic) bond motifs is 1. The van der Waals surface area contributed by atoms with Crippen molar-refractivity contribution in [3.05, 3.63) is 53.3 Å². The second-order valence-corrected chi connectivity index (χ2v) is 10.4. The first-order valence-corrected chi connectivity index (χ1v) is 11.4. The predicted molar refractivity (Wildman–Crippen MR) is 126 cm³/mol. The summed E-state index contributed by atoms with van der Waals surface area (Å²) in [7, 11) is 0. The number of hydrogen-bond donors (Lipinski definition) is 2. The lowest BCUT2D eigenvalue weighted by atomic mass is 9.70. The Balaban J connectivity index is 1.83. The number of aromatic nitrogens is 2. The molecule has 1 saturated carbocycles. The lowest BCUT2D eigenvalue weighted by Gasteiger charge is -2.40. The van der Waals surface area contributed by atoms with Gasteiger partial charge >= 0.3 is 5.97 Å². The number of aromatic carboxylic acids is 1. The third-order valence-electron chi connectivity index (χ3n) is 6.59. The summed E-state index contributed by atoms with van der Waals surface area (Å²) in [5.74, 6) is -0.556. The zero-order chi connectivity index (χ0) is 23.2. The molecule has 0 bridgehead atoms. The van der Waals surface area contributed by atoms with Crippen molar-refractivity contribution in [1.82, 2.24) is 9.55 Å². The Hall–Kier alpha value is -2.89. The fourth-order valence-electron chi connectivity index (χ4n) is 5.32. The fraction of sp³-hybridized carbons (Fsp3) is 0.462. The van der Waals surface area contributed by atoms with Gasteiger partial charge < -0.3 is 15.0 Å². The highest BCUT2D eigenvalue weighted by Crippen LogP contribution is 2.46. The molecule has 4 rings (SSSR count). The molecular formula is C26H32FN3O2. The van der Waals surface area contributed by atoms with Crippen LogP contribution in [0, 0.1) is 17.2 Å². The van der Waals surface area contributed by atoms with Gasteiger partial charge in [-0.05, 0) is 66.3 Å². The van der Waals surface area contributed by atoms with E-state index in [1.165, 1.54) is 11.6 Å². The number of hydrogen-bond acceptors (Lipinski definition) is 3. The SMILES string of the molecule is CC(C)c1ccc(Nc2nc3c(F)c(C(=O)O)ccc3n2[C@@H]2C[C@H](C)CC(C)(C)C2)cc1. The molecule has 32 heavy (non-hydrogen) atoms. The van der Waals surface area contributed by atoms with Crippen LogP contribution >= 0.6 is 0 Å². The van der Waals surface area contributed by atoms with E-state index in [9.17, 15) is 9.90 Å².